The highest BCUT2D eigenvalue weighted by atomic mass is 32.2. The van der Waals surface area contributed by atoms with E-state index in [0.717, 1.165) is 24.5 Å². The Morgan fingerprint density at radius 3 is 2.65 bits per heavy atom. The monoisotopic (exact) mass is 293 g/mol. The molecule has 1 aliphatic heterocycles. The van der Waals surface area contributed by atoms with Crippen LogP contribution >= 0.6 is 0 Å². The van der Waals surface area contributed by atoms with Gasteiger partial charge in [0.25, 0.3) is 0 Å². The second-order valence-corrected chi connectivity index (χ2v) is 6.32. The third-order valence-corrected chi connectivity index (χ3v) is 4.34. The van der Waals surface area contributed by atoms with Crippen molar-refractivity contribution in [3.05, 3.63) is 42.5 Å². The molecule has 0 saturated carbocycles. The van der Waals surface area contributed by atoms with Gasteiger partial charge < -0.3 is 9.30 Å². The van der Waals surface area contributed by atoms with Crippen LogP contribution in [0.1, 0.15) is 18.2 Å². The minimum absolute atomic E-state index is 0.104. The van der Waals surface area contributed by atoms with Crippen molar-refractivity contribution in [3.63, 3.8) is 0 Å². The predicted molar refractivity (Wildman–Crippen MR) is 73.1 cm³/mol. The van der Waals surface area contributed by atoms with E-state index in [0.29, 0.717) is 6.61 Å². The summed E-state index contributed by atoms with van der Waals surface area (Å²) >= 11 is 0. The Balaban J connectivity index is 1.95. The molecule has 106 valence electrons. The molecule has 7 heteroatoms. The minimum Gasteiger partial charge on any atom is -0.381 e. The summed E-state index contributed by atoms with van der Waals surface area (Å²) in [6.07, 6.45) is 4.55. The molecule has 0 bridgehead atoms. The van der Waals surface area contributed by atoms with Crippen LogP contribution in [-0.4, -0.2) is 31.2 Å². The van der Waals surface area contributed by atoms with Crippen molar-refractivity contribution >= 4 is 10.0 Å². The summed E-state index contributed by atoms with van der Waals surface area (Å²) < 4.78 is 29.8. The van der Waals surface area contributed by atoms with Gasteiger partial charge >= 0.3 is 0 Å². The van der Waals surface area contributed by atoms with Crippen molar-refractivity contribution in [1.82, 2.24) is 9.55 Å². The number of primary sulfonamides is 1. The quantitative estimate of drug-likeness (QED) is 0.915. The number of aromatic nitrogens is 2. The van der Waals surface area contributed by atoms with E-state index < -0.39 is 10.0 Å². The largest absolute Gasteiger partial charge is 0.381 e. The van der Waals surface area contributed by atoms with Gasteiger partial charge in [-0.1, -0.05) is 0 Å². The van der Waals surface area contributed by atoms with Gasteiger partial charge in [-0.15, -0.1) is 0 Å². The van der Waals surface area contributed by atoms with Crippen LogP contribution in [0, 0.1) is 0 Å². The van der Waals surface area contributed by atoms with Gasteiger partial charge in [-0.3, -0.25) is 0 Å². The lowest BCUT2D eigenvalue weighted by Crippen LogP contribution is -2.12. The Bertz CT molecular complexity index is 701. The zero-order valence-corrected chi connectivity index (χ0v) is 11.6. The van der Waals surface area contributed by atoms with Crippen LogP contribution in [0.3, 0.4) is 0 Å². The predicted octanol–water partition coefficient (Wildman–Crippen LogP) is 1.02. The topological polar surface area (TPSA) is 87.2 Å². The summed E-state index contributed by atoms with van der Waals surface area (Å²) in [6.45, 7) is 1.42. The first-order chi connectivity index (χ1) is 9.55. The molecule has 2 aromatic rings. The highest BCUT2D eigenvalue weighted by Crippen LogP contribution is 2.26. The summed E-state index contributed by atoms with van der Waals surface area (Å²) in [4.78, 5) is 4.49. The van der Waals surface area contributed by atoms with Crippen molar-refractivity contribution in [2.45, 2.75) is 17.2 Å². The minimum atomic E-state index is -3.66. The Hall–Kier alpha value is -1.70. The number of nitrogens with two attached hydrogens (primary N) is 1. The molecular weight excluding hydrogens is 278 g/mol. The molecule has 1 saturated heterocycles. The highest BCUT2D eigenvalue weighted by molar-refractivity contribution is 7.89. The normalized spacial score (nSPS) is 19.4. The van der Waals surface area contributed by atoms with Crippen molar-refractivity contribution in [2.75, 3.05) is 13.2 Å². The van der Waals surface area contributed by atoms with E-state index in [-0.39, 0.29) is 10.8 Å². The molecule has 20 heavy (non-hydrogen) atoms. The number of hydrogen-bond donors (Lipinski definition) is 1. The zero-order valence-electron chi connectivity index (χ0n) is 10.8. The van der Waals surface area contributed by atoms with E-state index in [1.54, 1.807) is 18.3 Å². The lowest BCUT2D eigenvalue weighted by atomic mass is 10.1. The fourth-order valence-corrected chi connectivity index (χ4v) is 2.89. The molecule has 2 heterocycles. The van der Waals surface area contributed by atoms with E-state index >= 15 is 0 Å². The molecule has 0 radical (unpaired) electrons. The van der Waals surface area contributed by atoms with E-state index in [1.165, 1.54) is 12.1 Å². The fraction of sp³-hybridized carbons (Fsp3) is 0.308. The maximum Gasteiger partial charge on any atom is 0.238 e. The summed E-state index contributed by atoms with van der Waals surface area (Å²) in [5.41, 5.74) is 0.858. The van der Waals surface area contributed by atoms with Gasteiger partial charge in [0.05, 0.1) is 11.5 Å². The summed E-state index contributed by atoms with van der Waals surface area (Å²) in [6, 6.07) is 6.45. The summed E-state index contributed by atoms with van der Waals surface area (Å²) in [5.74, 6) is 1.22. The molecule has 0 amide bonds. The molecule has 0 aliphatic carbocycles. The van der Waals surface area contributed by atoms with Crippen LogP contribution in [0.4, 0.5) is 0 Å². The molecule has 3 rings (SSSR count). The van der Waals surface area contributed by atoms with Gasteiger partial charge in [0.1, 0.15) is 5.82 Å². The average Bonchev–Trinajstić information content (AvgIpc) is 3.08. The molecule has 1 fully saturated rings. The van der Waals surface area contributed by atoms with Crippen LogP contribution in [0.25, 0.3) is 5.69 Å². The van der Waals surface area contributed by atoms with Crippen molar-refractivity contribution in [2.24, 2.45) is 5.14 Å². The van der Waals surface area contributed by atoms with Gasteiger partial charge in [0.15, 0.2) is 0 Å². The molecule has 1 atom stereocenters. The van der Waals surface area contributed by atoms with Gasteiger partial charge in [-0.2, -0.15) is 0 Å². The first-order valence-corrected chi connectivity index (χ1v) is 7.84. The maximum atomic E-state index is 11.2. The number of hydrogen-bond acceptors (Lipinski definition) is 4. The Morgan fingerprint density at radius 2 is 2.05 bits per heavy atom. The van der Waals surface area contributed by atoms with Gasteiger partial charge in [0.2, 0.25) is 10.0 Å². The lowest BCUT2D eigenvalue weighted by Gasteiger charge is -2.12. The Morgan fingerprint density at radius 1 is 1.30 bits per heavy atom. The molecule has 1 aromatic carbocycles. The Labute approximate surface area is 117 Å². The Kier molecular flexibility index (Phi) is 3.33. The average molecular weight is 293 g/mol. The molecule has 1 aromatic heterocycles. The van der Waals surface area contributed by atoms with Crippen molar-refractivity contribution < 1.29 is 13.2 Å². The highest BCUT2D eigenvalue weighted by Gasteiger charge is 2.22. The standard InChI is InChI=1S/C13H15N3O3S/c14-20(17,18)12-3-1-11(2-4-12)16-7-6-15-13(16)10-5-8-19-9-10/h1-4,6-7,10H,5,8-9H2,(H2,14,17,18)/t10-/m1/s1. The molecule has 1 aliphatic rings. The fourth-order valence-electron chi connectivity index (χ4n) is 2.37. The smallest absolute Gasteiger partial charge is 0.238 e. The number of sulfonamides is 1. The van der Waals surface area contributed by atoms with E-state index in [1.807, 2.05) is 10.8 Å². The number of imidazole rings is 1. The second kappa shape index (κ2) is 5.01. The van der Waals surface area contributed by atoms with E-state index in [9.17, 15) is 8.42 Å². The molecule has 0 unspecified atom stereocenters. The zero-order chi connectivity index (χ0) is 14.2. The third-order valence-electron chi connectivity index (χ3n) is 3.41. The van der Waals surface area contributed by atoms with Gasteiger partial charge in [-0.05, 0) is 30.7 Å². The number of nitrogens with zero attached hydrogens (tertiary/aromatic N) is 2. The van der Waals surface area contributed by atoms with Crippen LogP contribution < -0.4 is 5.14 Å². The molecule has 0 spiro atoms. The number of rotatable bonds is 3. The van der Waals surface area contributed by atoms with Crippen molar-refractivity contribution in [1.29, 1.82) is 0 Å². The molecular formula is C13H15N3O3S. The van der Waals surface area contributed by atoms with Crippen LogP contribution in [-0.2, 0) is 14.8 Å². The van der Waals surface area contributed by atoms with Gasteiger partial charge in [-0.25, -0.2) is 18.5 Å². The maximum absolute atomic E-state index is 11.2. The van der Waals surface area contributed by atoms with E-state index in [2.05, 4.69) is 4.98 Å². The summed E-state index contributed by atoms with van der Waals surface area (Å²) in [7, 11) is -3.66. The molecule has 6 nitrogen and oxygen atoms in total. The van der Waals surface area contributed by atoms with Crippen LogP contribution in [0.2, 0.25) is 0 Å². The first-order valence-electron chi connectivity index (χ1n) is 6.30. The number of benzene rings is 1. The lowest BCUT2D eigenvalue weighted by molar-refractivity contribution is 0.193. The molecule has 2 N–H and O–H groups in total. The van der Waals surface area contributed by atoms with Gasteiger partial charge in [0, 0.05) is 30.6 Å². The SMILES string of the molecule is NS(=O)(=O)c1ccc(-n2ccnc2[C@@H]2CCOC2)cc1. The number of ether oxygens (including phenoxy) is 1. The second-order valence-electron chi connectivity index (χ2n) is 4.75. The van der Waals surface area contributed by atoms with Crippen LogP contribution in [0.15, 0.2) is 41.6 Å². The van der Waals surface area contributed by atoms with Crippen molar-refractivity contribution in [3.8, 4) is 5.69 Å². The van der Waals surface area contributed by atoms with Crippen LogP contribution in [0.5, 0.6) is 0 Å². The first kappa shape index (κ1) is 13.3. The summed E-state index contributed by atoms with van der Waals surface area (Å²) in [5, 5.41) is 5.09. The van der Waals surface area contributed by atoms with E-state index in [4.69, 9.17) is 9.88 Å². The third kappa shape index (κ3) is 2.47.